The molecule has 1 saturated carbocycles. The number of hydrogen-bond acceptors (Lipinski definition) is 5. The summed E-state index contributed by atoms with van der Waals surface area (Å²) in [5.41, 5.74) is -0.447. The Morgan fingerprint density at radius 2 is 1.74 bits per heavy atom. The molecule has 0 aliphatic heterocycles. The molecule has 1 rings (SSSR count). The lowest BCUT2D eigenvalue weighted by atomic mass is 9.83. The Balaban J connectivity index is 3.29. The van der Waals surface area contributed by atoms with Crippen LogP contribution in [0.4, 0.5) is 0 Å². The topological polar surface area (TPSA) is 61.8 Å². The van der Waals surface area contributed by atoms with Crippen molar-refractivity contribution in [2.75, 3.05) is 7.11 Å². The third kappa shape index (κ3) is 7.07. The predicted molar refractivity (Wildman–Crippen MR) is 110 cm³/mol. The fraction of sp³-hybridized carbons (Fsp3) is 0.810. The highest BCUT2D eigenvalue weighted by Crippen LogP contribution is 2.38. The largest absolute Gasteiger partial charge is 0.539 e. The Morgan fingerprint density at radius 3 is 2.19 bits per heavy atom. The van der Waals surface area contributed by atoms with E-state index in [2.05, 4.69) is 33.9 Å². The van der Waals surface area contributed by atoms with Gasteiger partial charge < -0.3 is 13.9 Å². The number of methoxy groups -OCH3 is 1. The van der Waals surface area contributed by atoms with Gasteiger partial charge in [-0.15, -0.1) is 0 Å². The number of esters is 1. The van der Waals surface area contributed by atoms with Crippen LogP contribution in [0, 0.1) is 5.92 Å². The smallest absolute Gasteiger partial charge is 0.371 e. The van der Waals surface area contributed by atoms with Gasteiger partial charge in [0.2, 0.25) is 0 Å². The van der Waals surface area contributed by atoms with Gasteiger partial charge in [-0.3, -0.25) is 4.79 Å². The molecule has 0 saturated heterocycles. The quantitative estimate of drug-likeness (QED) is 0.272. The molecule has 6 heteroatoms. The van der Waals surface area contributed by atoms with Gasteiger partial charge in [-0.05, 0) is 57.8 Å². The van der Waals surface area contributed by atoms with E-state index in [1.54, 1.807) is 6.08 Å². The molecule has 0 bridgehead atoms. The Morgan fingerprint density at radius 1 is 1.15 bits per heavy atom. The zero-order valence-electron chi connectivity index (χ0n) is 18.6. The van der Waals surface area contributed by atoms with Crippen molar-refractivity contribution < 1.29 is 23.5 Å². The second-order valence-electron chi connectivity index (χ2n) is 9.90. The van der Waals surface area contributed by atoms with E-state index in [0.29, 0.717) is 6.42 Å². The van der Waals surface area contributed by atoms with Crippen LogP contribution in [-0.4, -0.2) is 38.9 Å². The van der Waals surface area contributed by atoms with Crippen LogP contribution in [0.2, 0.25) is 18.1 Å². The number of hydrogen-bond donors (Lipinski definition) is 0. The number of carbonyl (C=O) groups is 2. The van der Waals surface area contributed by atoms with Crippen molar-refractivity contribution >= 4 is 20.1 Å². The molecule has 27 heavy (non-hydrogen) atoms. The molecular weight excluding hydrogens is 360 g/mol. The summed E-state index contributed by atoms with van der Waals surface area (Å²) in [6.07, 6.45) is 4.43. The lowest BCUT2D eigenvalue weighted by Gasteiger charge is -2.37. The third-order valence-electron chi connectivity index (χ3n) is 5.36. The first-order valence-corrected chi connectivity index (χ1v) is 12.8. The van der Waals surface area contributed by atoms with E-state index < -0.39 is 26.0 Å². The summed E-state index contributed by atoms with van der Waals surface area (Å²) >= 11 is 0. The summed E-state index contributed by atoms with van der Waals surface area (Å²) in [5.74, 6) is -0.411. The zero-order chi connectivity index (χ0) is 21.0. The molecule has 2 unspecified atom stereocenters. The van der Waals surface area contributed by atoms with Crippen LogP contribution in [0.5, 0.6) is 0 Å². The van der Waals surface area contributed by atoms with Crippen LogP contribution in [-0.2, 0) is 23.5 Å². The second-order valence-corrected chi connectivity index (χ2v) is 14.6. The molecular formula is C21H38O5Si. The average molecular weight is 399 g/mol. The molecule has 0 aromatic heterocycles. The fourth-order valence-corrected chi connectivity index (χ4v) is 3.83. The van der Waals surface area contributed by atoms with Crippen molar-refractivity contribution in [2.24, 2.45) is 5.92 Å². The van der Waals surface area contributed by atoms with E-state index in [0.717, 1.165) is 19.3 Å². The summed E-state index contributed by atoms with van der Waals surface area (Å²) in [4.78, 5) is 25.0. The number of ketones is 1. The van der Waals surface area contributed by atoms with Crippen molar-refractivity contribution in [1.29, 1.82) is 0 Å². The summed E-state index contributed by atoms with van der Waals surface area (Å²) in [5, 5.41) is -0.0683. The molecule has 156 valence electrons. The van der Waals surface area contributed by atoms with Gasteiger partial charge in [-0.1, -0.05) is 27.2 Å². The number of carbonyl (C=O) groups excluding carboxylic acids is 2. The summed E-state index contributed by atoms with van der Waals surface area (Å²) in [7, 11) is -0.905. The molecule has 0 N–H and O–H groups in total. The minimum Gasteiger partial charge on any atom is -0.539 e. The van der Waals surface area contributed by atoms with Crippen molar-refractivity contribution in [1.82, 2.24) is 0 Å². The molecule has 0 radical (unpaired) electrons. The molecule has 0 amide bonds. The standard InChI is InChI=1S/C21H38O5Si/c1-20(2,3)25-17(15-12-10-11-13-16(15)22)14-18(19(23)24-7)26-27(8,9)21(4,5)6/h14-15,17H,10-13H2,1-9H3/b18-14-. The van der Waals surface area contributed by atoms with Crippen LogP contribution < -0.4 is 0 Å². The van der Waals surface area contributed by atoms with Crippen molar-refractivity contribution in [2.45, 2.75) is 97.1 Å². The maximum atomic E-state index is 12.5. The number of Topliss-reactive ketones (excluding diaryl/α,β-unsaturated/α-hetero) is 1. The second kappa shape index (κ2) is 8.91. The van der Waals surface area contributed by atoms with Gasteiger partial charge in [-0.2, -0.15) is 0 Å². The normalized spacial score (nSPS) is 21.0. The number of rotatable bonds is 6. The van der Waals surface area contributed by atoms with Crippen LogP contribution in [0.1, 0.15) is 67.2 Å². The van der Waals surface area contributed by atoms with Crippen molar-refractivity contribution in [3.05, 3.63) is 11.8 Å². The summed E-state index contributed by atoms with van der Waals surface area (Å²) < 4.78 is 17.4. The van der Waals surface area contributed by atoms with Gasteiger partial charge in [0.15, 0.2) is 5.76 Å². The zero-order valence-corrected chi connectivity index (χ0v) is 19.6. The van der Waals surface area contributed by atoms with E-state index in [4.69, 9.17) is 13.9 Å². The minimum absolute atomic E-state index is 0.0683. The number of ether oxygens (including phenoxy) is 2. The molecule has 0 aromatic carbocycles. The van der Waals surface area contributed by atoms with Crippen LogP contribution in [0.3, 0.4) is 0 Å². The van der Waals surface area contributed by atoms with E-state index in [1.807, 2.05) is 20.8 Å². The highest BCUT2D eigenvalue weighted by Gasteiger charge is 2.41. The van der Waals surface area contributed by atoms with Crippen LogP contribution in [0.15, 0.2) is 11.8 Å². The lowest BCUT2D eigenvalue weighted by molar-refractivity contribution is -0.140. The molecule has 2 atom stereocenters. The SMILES string of the molecule is COC(=O)/C(=C/C(OC(C)(C)C)C1CCCCC1=O)O[Si](C)(C)C(C)(C)C. The molecule has 0 spiro atoms. The van der Waals surface area contributed by atoms with E-state index in [1.165, 1.54) is 7.11 Å². The maximum absolute atomic E-state index is 12.5. The van der Waals surface area contributed by atoms with Crippen molar-refractivity contribution in [3.8, 4) is 0 Å². The average Bonchev–Trinajstić information content (AvgIpc) is 2.50. The van der Waals surface area contributed by atoms with Gasteiger partial charge in [0.05, 0.1) is 18.8 Å². The Labute approximate surface area is 166 Å². The minimum atomic E-state index is -2.25. The van der Waals surface area contributed by atoms with Crippen molar-refractivity contribution in [3.63, 3.8) is 0 Å². The first-order valence-electron chi connectivity index (χ1n) is 9.87. The molecule has 1 aliphatic rings. The first-order chi connectivity index (χ1) is 12.2. The van der Waals surface area contributed by atoms with Gasteiger partial charge >= 0.3 is 5.97 Å². The molecule has 0 aromatic rings. The van der Waals surface area contributed by atoms with Gasteiger partial charge in [0.25, 0.3) is 8.32 Å². The Bertz CT molecular complexity index is 566. The maximum Gasteiger partial charge on any atom is 0.371 e. The molecule has 1 fully saturated rings. The highest BCUT2D eigenvalue weighted by molar-refractivity contribution is 6.74. The fourth-order valence-electron chi connectivity index (χ4n) is 2.82. The lowest BCUT2D eigenvalue weighted by Crippen LogP contribution is -2.42. The monoisotopic (exact) mass is 398 g/mol. The van der Waals surface area contributed by atoms with Crippen LogP contribution in [0.25, 0.3) is 0 Å². The van der Waals surface area contributed by atoms with E-state index in [9.17, 15) is 9.59 Å². The Hall–Kier alpha value is -1.14. The van der Waals surface area contributed by atoms with Gasteiger partial charge in [0, 0.05) is 12.3 Å². The molecule has 1 aliphatic carbocycles. The Kier molecular flexibility index (Phi) is 7.88. The molecule has 0 heterocycles. The first kappa shape index (κ1) is 23.9. The predicted octanol–water partition coefficient (Wildman–Crippen LogP) is 5.01. The van der Waals surface area contributed by atoms with Gasteiger partial charge in [-0.25, -0.2) is 4.79 Å². The third-order valence-corrected chi connectivity index (χ3v) is 9.70. The van der Waals surface area contributed by atoms with Crippen LogP contribution >= 0.6 is 0 Å². The summed E-state index contributed by atoms with van der Waals surface area (Å²) in [6, 6.07) is 0. The van der Waals surface area contributed by atoms with E-state index in [-0.39, 0.29) is 22.5 Å². The summed E-state index contributed by atoms with van der Waals surface area (Å²) in [6.45, 7) is 16.4. The van der Waals surface area contributed by atoms with Gasteiger partial charge in [0.1, 0.15) is 5.78 Å². The highest BCUT2D eigenvalue weighted by atomic mass is 28.4. The van der Waals surface area contributed by atoms with E-state index >= 15 is 0 Å². The molecule has 5 nitrogen and oxygen atoms in total.